The second-order valence-corrected chi connectivity index (χ2v) is 16.3. The van der Waals surface area contributed by atoms with Crippen LogP contribution in [0.2, 0.25) is 15.2 Å². The van der Waals surface area contributed by atoms with Gasteiger partial charge in [-0.2, -0.15) is 0 Å². The van der Waals surface area contributed by atoms with Crippen LogP contribution in [0.3, 0.4) is 0 Å². The largest absolute Gasteiger partial charge is 0.479 e. The lowest BCUT2D eigenvalue weighted by atomic mass is 9.96. The van der Waals surface area contributed by atoms with Gasteiger partial charge in [-0.3, -0.25) is 14.6 Å². The first-order valence-electron chi connectivity index (χ1n) is 20.6. The van der Waals surface area contributed by atoms with E-state index in [1.807, 2.05) is 109 Å². The summed E-state index contributed by atoms with van der Waals surface area (Å²) in [5.41, 5.74) is 14.2. The fourth-order valence-electron chi connectivity index (χ4n) is 7.82. The summed E-state index contributed by atoms with van der Waals surface area (Å²) < 4.78 is 12.7. The number of pyridine rings is 2. The minimum absolute atomic E-state index is 0.135. The summed E-state index contributed by atoms with van der Waals surface area (Å²) >= 11 is 19.5. The lowest BCUT2D eigenvalue weighted by molar-refractivity contribution is -0.111. The number of ether oxygens (including phenoxy) is 2. The molecular formula is C49H42Cl3N5O8. The zero-order valence-electron chi connectivity index (χ0n) is 34.4. The Morgan fingerprint density at radius 2 is 1.05 bits per heavy atom. The van der Waals surface area contributed by atoms with E-state index in [0.717, 1.165) is 44.8 Å². The second kappa shape index (κ2) is 19.9. The van der Waals surface area contributed by atoms with E-state index in [1.54, 1.807) is 12.4 Å². The molecule has 0 radical (unpaired) electrons. The molecule has 4 atom stereocenters. The van der Waals surface area contributed by atoms with Crippen molar-refractivity contribution in [1.29, 1.82) is 0 Å². The van der Waals surface area contributed by atoms with Crippen LogP contribution in [0.1, 0.15) is 68.8 Å². The van der Waals surface area contributed by atoms with Gasteiger partial charge in [-0.15, -0.1) is 0 Å². The number of amides is 2. The van der Waals surface area contributed by atoms with Gasteiger partial charge in [-0.25, -0.2) is 4.98 Å². The molecule has 65 heavy (non-hydrogen) atoms. The minimum Gasteiger partial charge on any atom is -0.479 e. The van der Waals surface area contributed by atoms with Gasteiger partial charge in [0, 0.05) is 63.7 Å². The Labute approximate surface area is 388 Å². The van der Waals surface area contributed by atoms with Crippen molar-refractivity contribution in [2.24, 2.45) is 5.73 Å². The summed E-state index contributed by atoms with van der Waals surface area (Å²) in [5.74, 6) is 0.476. The number of hydrogen-bond acceptors (Lipinski definition) is 11. The van der Waals surface area contributed by atoms with Gasteiger partial charge in [-0.05, 0) is 36.1 Å². The maximum Gasteiger partial charge on any atom is 0.260 e. The maximum atomic E-state index is 12.9. The second-order valence-electron chi connectivity index (χ2n) is 15.2. The summed E-state index contributed by atoms with van der Waals surface area (Å²) in [6, 6.07) is 34.4. The van der Waals surface area contributed by atoms with Crippen LogP contribution < -0.4 is 16.4 Å². The van der Waals surface area contributed by atoms with Crippen molar-refractivity contribution in [1.82, 2.24) is 9.97 Å². The number of nitrogens with two attached hydrogens (primary N) is 1. The summed E-state index contributed by atoms with van der Waals surface area (Å²) in [7, 11) is 0. The number of benzene rings is 4. The number of aliphatic hydroxyl groups is 4. The number of halogens is 3. The van der Waals surface area contributed by atoms with Crippen LogP contribution >= 0.6 is 34.8 Å². The average Bonchev–Trinajstić information content (AvgIpc) is 4.10. The van der Waals surface area contributed by atoms with Gasteiger partial charge in [0.15, 0.2) is 12.2 Å². The van der Waals surface area contributed by atoms with E-state index in [1.165, 1.54) is 0 Å². The van der Waals surface area contributed by atoms with Crippen LogP contribution in [-0.4, -0.2) is 74.2 Å². The number of carbonyl (C=O) groups is 2. The van der Waals surface area contributed by atoms with Gasteiger partial charge in [0.25, 0.3) is 11.8 Å². The highest BCUT2D eigenvalue weighted by Gasteiger charge is 2.41. The first kappa shape index (κ1) is 45.4. The van der Waals surface area contributed by atoms with Crippen molar-refractivity contribution in [3.05, 3.63) is 187 Å². The molecule has 0 saturated heterocycles. The highest BCUT2D eigenvalue weighted by atomic mass is 35.5. The maximum absolute atomic E-state index is 12.9. The van der Waals surface area contributed by atoms with Crippen LogP contribution in [0, 0.1) is 0 Å². The van der Waals surface area contributed by atoms with Crippen LogP contribution in [0.4, 0.5) is 11.4 Å². The molecule has 332 valence electrons. The van der Waals surface area contributed by atoms with E-state index in [4.69, 9.17) is 65.3 Å². The predicted octanol–water partition coefficient (Wildman–Crippen LogP) is 7.59. The van der Waals surface area contributed by atoms with Gasteiger partial charge < -0.3 is 46.3 Å². The fraction of sp³-hybridized carbons (Fsp3) is 0.184. The van der Waals surface area contributed by atoms with E-state index in [-0.39, 0.29) is 36.7 Å². The highest BCUT2D eigenvalue weighted by Crippen LogP contribution is 2.52. The predicted molar refractivity (Wildman–Crippen MR) is 250 cm³/mol. The highest BCUT2D eigenvalue weighted by molar-refractivity contribution is 6.42. The Morgan fingerprint density at radius 3 is 1.51 bits per heavy atom. The van der Waals surface area contributed by atoms with Crippen molar-refractivity contribution in [3.8, 4) is 0 Å². The van der Waals surface area contributed by atoms with E-state index < -0.39 is 24.4 Å². The molecule has 16 heteroatoms. The van der Waals surface area contributed by atoms with Crippen LogP contribution in [0.5, 0.6) is 0 Å². The van der Waals surface area contributed by atoms with Gasteiger partial charge in [0.1, 0.15) is 16.7 Å². The Kier molecular flexibility index (Phi) is 13.9. The van der Waals surface area contributed by atoms with Crippen LogP contribution in [0.15, 0.2) is 122 Å². The lowest BCUT2D eigenvalue weighted by Gasteiger charge is -2.15. The van der Waals surface area contributed by atoms with Crippen molar-refractivity contribution < 1.29 is 39.5 Å². The molecule has 13 nitrogen and oxygen atoms in total. The van der Waals surface area contributed by atoms with Gasteiger partial charge >= 0.3 is 0 Å². The third-order valence-electron chi connectivity index (χ3n) is 11.0. The smallest absolute Gasteiger partial charge is 0.260 e. The number of fused-ring (bicyclic) bond motifs is 4. The molecule has 10 rings (SSSR count). The topological polar surface area (TPSA) is 209 Å². The van der Waals surface area contributed by atoms with E-state index in [9.17, 15) is 14.7 Å². The summed E-state index contributed by atoms with van der Waals surface area (Å²) in [5, 5.41) is 41.9. The molecule has 0 aliphatic carbocycles. The summed E-state index contributed by atoms with van der Waals surface area (Å²) in [6.45, 7) is -0.421. The van der Waals surface area contributed by atoms with Crippen LogP contribution in [-0.2, 0) is 25.5 Å². The fourth-order valence-corrected chi connectivity index (χ4v) is 8.56. The van der Waals surface area contributed by atoms with Gasteiger partial charge in [0.05, 0.1) is 52.3 Å². The zero-order chi connectivity index (χ0) is 45.8. The van der Waals surface area contributed by atoms with Crippen LogP contribution in [0.25, 0.3) is 22.7 Å². The Hall–Kier alpha value is -6.13. The molecule has 6 heterocycles. The third-order valence-corrected chi connectivity index (χ3v) is 12.2. The molecule has 2 aromatic heterocycles. The molecule has 0 fully saturated rings. The number of nitrogens with one attached hydrogen (secondary N) is 2. The number of anilines is 2. The number of nitrogens with zero attached hydrogens (tertiary/aromatic N) is 2. The molecule has 0 bridgehead atoms. The minimum atomic E-state index is -0.835. The standard InChI is InChI=1S/C25H21ClN2O4.C21H12Cl2N2O2.C3H9NO2/c26-22-19(11-10-15(30)13-29)27-12-17-20(22)23(14-6-2-1-3-7-14)32-24(17)21-16-8-4-5-9-18(16)28-25(21)31;22-17-15-13(10-24-20(17)23)19(27-18(15)11-6-2-1-3-7-11)16-12-8-4-5-9-14(12)25-21(16)26;4-1-3(6)2-5/h1-9,12,15,23,29-30H,10-11,13H2,(H,28,31);1-10,18H,(H,25,26);3,5-6H,1-2,4H2/b24-21+;19-16+;. The Balaban J connectivity index is 0.000000159. The molecule has 6 aromatic rings. The lowest BCUT2D eigenvalue weighted by Crippen LogP contribution is -2.22. The summed E-state index contributed by atoms with van der Waals surface area (Å²) in [4.78, 5) is 34.3. The first-order chi connectivity index (χ1) is 31.5. The van der Waals surface area contributed by atoms with Crippen molar-refractivity contribution >= 4 is 80.7 Å². The van der Waals surface area contributed by atoms with Gasteiger partial charge in [0.2, 0.25) is 0 Å². The molecular weight excluding hydrogens is 893 g/mol. The number of aliphatic hydroxyl groups excluding tert-OH is 4. The molecule has 0 saturated carbocycles. The number of carbonyl (C=O) groups excluding carboxylic acids is 2. The van der Waals surface area contributed by atoms with Gasteiger partial charge in [-0.1, -0.05) is 132 Å². The number of aryl methyl sites for hydroxylation is 1. The van der Waals surface area contributed by atoms with Crippen molar-refractivity contribution in [2.45, 2.75) is 37.3 Å². The molecule has 4 aliphatic rings. The molecule has 4 unspecified atom stereocenters. The van der Waals surface area contributed by atoms with E-state index in [2.05, 4.69) is 20.6 Å². The number of rotatable bonds is 8. The Bertz CT molecular complexity index is 2820. The number of para-hydroxylation sites is 2. The Morgan fingerprint density at radius 1 is 0.600 bits per heavy atom. The molecule has 0 spiro atoms. The number of hydrogen-bond donors (Lipinski definition) is 7. The zero-order valence-corrected chi connectivity index (χ0v) is 36.7. The SMILES string of the molecule is NCC(O)CO.O=C1Nc2ccccc2/C1=C1\OC(c2ccccc2)c2c1cnc(CCC(O)CO)c2Cl.O=C1Nc2ccccc2/C1=C1\OC(c2ccccc2)c2c1cnc(Cl)c2Cl. The summed E-state index contributed by atoms with van der Waals surface area (Å²) in [6.07, 6.45) is 1.52. The normalized spacial score (nSPS) is 19.4. The molecule has 2 amide bonds. The number of aromatic nitrogens is 2. The van der Waals surface area contributed by atoms with E-state index in [0.29, 0.717) is 62.4 Å². The average molecular weight is 935 g/mol. The van der Waals surface area contributed by atoms with Crippen molar-refractivity contribution in [2.75, 3.05) is 30.4 Å². The molecule has 8 N–H and O–H groups in total. The first-order valence-corrected chi connectivity index (χ1v) is 21.7. The molecule has 4 aromatic carbocycles. The van der Waals surface area contributed by atoms with Crippen molar-refractivity contribution in [3.63, 3.8) is 0 Å². The third kappa shape index (κ3) is 9.10. The monoisotopic (exact) mass is 933 g/mol. The van der Waals surface area contributed by atoms with E-state index >= 15 is 0 Å². The molecule has 4 aliphatic heterocycles. The quantitative estimate of drug-likeness (QED) is 0.0584.